The summed E-state index contributed by atoms with van der Waals surface area (Å²) in [6, 6.07) is 11.6. The Balaban J connectivity index is 1.62. The molecule has 0 saturated carbocycles. The van der Waals surface area contributed by atoms with Gasteiger partial charge in [-0.05, 0) is 50.1 Å². The molecule has 1 aromatic carbocycles. The van der Waals surface area contributed by atoms with Gasteiger partial charge in [0.25, 0.3) is 5.91 Å². The highest BCUT2D eigenvalue weighted by molar-refractivity contribution is 5.97. The van der Waals surface area contributed by atoms with Crippen LogP contribution in [0.25, 0.3) is 5.82 Å². The second-order valence-electron chi connectivity index (χ2n) is 6.27. The summed E-state index contributed by atoms with van der Waals surface area (Å²) < 4.78 is 7.50. The van der Waals surface area contributed by atoms with E-state index in [1.807, 2.05) is 48.7 Å². The number of aryl methyl sites for hydroxylation is 3. The van der Waals surface area contributed by atoms with Gasteiger partial charge >= 0.3 is 0 Å². The average molecular weight is 364 g/mol. The Kier molecular flexibility index (Phi) is 5.86. The quantitative estimate of drug-likeness (QED) is 0.654. The zero-order valence-electron chi connectivity index (χ0n) is 15.9. The molecule has 0 radical (unpaired) electrons. The second kappa shape index (κ2) is 8.49. The number of imidazole rings is 1. The largest absolute Gasteiger partial charge is 0.492 e. The number of benzene rings is 1. The van der Waals surface area contributed by atoms with Gasteiger partial charge in [0, 0.05) is 18.1 Å². The van der Waals surface area contributed by atoms with E-state index in [0.29, 0.717) is 24.5 Å². The first kappa shape index (κ1) is 18.6. The van der Waals surface area contributed by atoms with Gasteiger partial charge in [0.05, 0.1) is 12.1 Å². The van der Waals surface area contributed by atoms with Crippen molar-refractivity contribution in [1.82, 2.24) is 19.9 Å². The summed E-state index contributed by atoms with van der Waals surface area (Å²) >= 11 is 0. The number of hydrogen-bond acceptors (Lipinski definition) is 4. The molecule has 3 rings (SSSR count). The number of rotatable bonds is 7. The molecule has 3 aromatic rings. The number of pyridine rings is 1. The average Bonchev–Trinajstić information content (AvgIpc) is 3.11. The number of aromatic nitrogens is 3. The molecular formula is C21H24N4O2. The summed E-state index contributed by atoms with van der Waals surface area (Å²) in [5, 5.41) is 2.90. The van der Waals surface area contributed by atoms with Crippen LogP contribution in [0, 0.1) is 13.8 Å². The topological polar surface area (TPSA) is 69.0 Å². The first-order valence-electron chi connectivity index (χ1n) is 9.06. The van der Waals surface area contributed by atoms with Crippen LogP contribution in [0.2, 0.25) is 0 Å². The lowest BCUT2D eigenvalue weighted by Crippen LogP contribution is -2.29. The molecule has 0 atom stereocenters. The zero-order valence-corrected chi connectivity index (χ0v) is 15.9. The summed E-state index contributed by atoms with van der Waals surface area (Å²) in [6.45, 7) is 6.70. The van der Waals surface area contributed by atoms with Crippen molar-refractivity contribution < 1.29 is 9.53 Å². The molecule has 2 aromatic heterocycles. The SMILES string of the molecule is CCc1ccc(OCCNC(=O)c2ccc(C)nc2-n2ccnc2C)cc1. The van der Waals surface area contributed by atoms with Gasteiger partial charge in [0.2, 0.25) is 0 Å². The minimum Gasteiger partial charge on any atom is -0.492 e. The second-order valence-corrected chi connectivity index (χ2v) is 6.27. The molecular weight excluding hydrogens is 340 g/mol. The van der Waals surface area contributed by atoms with Crippen molar-refractivity contribution in [3.8, 4) is 11.6 Å². The fourth-order valence-corrected chi connectivity index (χ4v) is 2.76. The molecule has 0 aliphatic rings. The smallest absolute Gasteiger partial charge is 0.255 e. The maximum Gasteiger partial charge on any atom is 0.255 e. The van der Waals surface area contributed by atoms with Crippen LogP contribution in [-0.4, -0.2) is 33.6 Å². The molecule has 2 heterocycles. The van der Waals surface area contributed by atoms with Crippen LogP contribution in [0.4, 0.5) is 0 Å². The summed E-state index contributed by atoms with van der Waals surface area (Å²) in [4.78, 5) is 21.4. The molecule has 0 spiro atoms. The number of nitrogens with zero attached hydrogens (tertiary/aromatic N) is 3. The Hall–Kier alpha value is -3.15. The van der Waals surface area contributed by atoms with E-state index in [9.17, 15) is 4.79 Å². The van der Waals surface area contributed by atoms with E-state index in [4.69, 9.17) is 4.74 Å². The van der Waals surface area contributed by atoms with E-state index in [1.165, 1.54) is 5.56 Å². The van der Waals surface area contributed by atoms with Gasteiger partial charge in [-0.25, -0.2) is 9.97 Å². The van der Waals surface area contributed by atoms with E-state index in [0.717, 1.165) is 23.7 Å². The van der Waals surface area contributed by atoms with Crippen LogP contribution < -0.4 is 10.1 Å². The molecule has 1 amide bonds. The number of amides is 1. The molecule has 27 heavy (non-hydrogen) atoms. The minimum absolute atomic E-state index is 0.185. The number of hydrogen-bond donors (Lipinski definition) is 1. The predicted molar refractivity (Wildman–Crippen MR) is 104 cm³/mol. The lowest BCUT2D eigenvalue weighted by molar-refractivity contribution is 0.0946. The third kappa shape index (κ3) is 4.53. The molecule has 140 valence electrons. The Morgan fingerprint density at radius 1 is 1.15 bits per heavy atom. The highest BCUT2D eigenvalue weighted by atomic mass is 16.5. The Morgan fingerprint density at radius 2 is 1.93 bits per heavy atom. The van der Waals surface area contributed by atoms with E-state index in [-0.39, 0.29) is 5.91 Å². The van der Waals surface area contributed by atoms with Gasteiger partial charge in [-0.3, -0.25) is 9.36 Å². The van der Waals surface area contributed by atoms with Crippen molar-refractivity contribution in [2.24, 2.45) is 0 Å². The normalized spacial score (nSPS) is 10.6. The summed E-state index contributed by atoms with van der Waals surface area (Å²) in [5.41, 5.74) is 2.62. The molecule has 0 saturated heterocycles. The molecule has 6 nitrogen and oxygen atoms in total. The molecule has 0 fully saturated rings. The van der Waals surface area contributed by atoms with Crippen LogP contribution in [0.1, 0.15) is 34.4 Å². The van der Waals surface area contributed by atoms with Crippen LogP contribution in [-0.2, 0) is 6.42 Å². The number of ether oxygens (including phenoxy) is 1. The highest BCUT2D eigenvalue weighted by Gasteiger charge is 2.15. The fraction of sp³-hybridized carbons (Fsp3) is 0.286. The molecule has 0 bridgehead atoms. The number of nitrogens with one attached hydrogen (secondary N) is 1. The molecule has 6 heteroatoms. The molecule has 1 N–H and O–H groups in total. The van der Waals surface area contributed by atoms with Crippen molar-refractivity contribution in [3.63, 3.8) is 0 Å². The number of carbonyl (C=O) groups excluding carboxylic acids is 1. The van der Waals surface area contributed by atoms with Gasteiger partial charge < -0.3 is 10.1 Å². The van der Waals surface area contributed by atoms with Crippen LogP contribution in [0.15, 0.2) is 48.8 Å². The molecule has 0 unspecified atom stereocenters. The first-order valence-corrected chi connectivity index (χ1v) is 9.06. The van der Waals surface area contributed by atoms with Crippen LogP contribution in [0.5, 0.6) is 5.75 Å². The van der Waals surface area contributed by atoms with Crippen molar-refractivity contribution in [1.29, 1.82) is 0 Å². The van der Waals surface area contributed by atoms with Crippen molar-refractivity contribution in [3.05, 3.63) is 71.4 Å². The van der Waals surface area contributed by atoms with E-state index >= 15 is 0 Å². The zero-order chi connectivity index (χ0) is 19.2. The van der Waals surface area contributed by atoms with Gasteiger partial charge in [0.1, 0.15) is 18.2 Å². The first-order chi connectivity index (χ1) is 13.1. The van der Waals surface area contributed by atoms with Crippen LogP contribution in [0.3, 0.4) is 0 Å². The Bertz CT molecular complexity index is 916. The fourth-order valence-electron chi connectivity index (χ4n) is 2.76. The lowest BCUT2D eigenvalue weighted by atomic mass is 10.2. The van der Waals surface area contributed by atoms with Crippen LogP contribution >= 0.6 is 0 Å². The van der Waals surface area contributed by atoms with Gasteiger partial charge in [-0.15, -0.1) is 0 Å². The summed E-state index contributed by atoms with van der Waals surface area (Å²) in [7, 11) is 0. The maximum absolute atomic E-state index is 12.6. The molecule has 0 aliphatic heterocycles. The maximum atomic E-state index is 12.6. The van der Waals surface area contributed by atoms with Crippen molar-refractivity contribution >= 4 is 5.91 Å². The highest BCUT2D eigenvalue weighted by Crippen LogP contribution is 2.15. The standard InChI is InChI=1S/C21H24N4O2/c1-4-17-6-8-18(9-7-17)27-14-12-23-21(26)19-10-5-15(2)24-20(19)25-13-11-22-16(25)3/h5-11,13H,4,12,14H2,1-3H3,(H,23,26). The monoisotopic (exact) mass is 364 g/mol. The minimum atomic E-state index is -0.185. The third-order valence-electron chi connectivity index (χ3n) is 4.30. The van der Waals surface area contributed by atoms with Crippen molar-refractivity contribution in [2.75, 3.05) is 13.2 Å². The van der Waals surface area contributed by atoms with E-state index in [1.54, 1.807) is 18.5 Å². The Labute approximate surface area is 159 Å². The predicted octanol–water partition coefficient (Wildman–Crippen LogP) is 3.26. The number of carbonyl (C=O) groups is 1. The van der Waals surface area contributed by atoms with Gasteiger partial charge in [-0.1, -0.05) is 19.1 Å². The third-order valence-corrected chi connectivity index (χ3v) is 4.30. The van der Waals surface area contributed by atoms with E-state index < -0.39 is 0 Å². The van der Waals surface area contributed by atoms with Crippen molar-refractivity contribution in [2.45, 2.75) is 27.2 Å². The Morgan fingerprint density at radius 3 is 2.59 bits per heavy atom. The molecule has 0 aliphatic carbocycles. The summed E-state index contributed by atoms with van der Waals surface area (Å²) in [6.07, 6.45) is 4.50. The van der Waals surface area contributed by atoms with Gasteiger partial charge in [-0.2, -0.15) is 0 Å². The lowest BCUT2D eigenvalue weighted by Gasteiger charge is -2.12. The van der Waals surface area contributed by atoms with Gasteiger partial charge in [0.15, 0.2) is 5.82 Å². The van der Waals surface area contributed by atoms with E-state index in [2.05, 4.69) is 22.2 Å². The summed E-state index contributed by atoms with van der Waals surface area (Å²) in [5.74, 6) is 1.98.